The molecule has 0 bridgehead atoms. The van der Waals surface area contributed by atoms with Crippen molar-refractivity contribution in [2.75, 3.05) is 0 Å². The second-order valence-corrected chi connectivity index (χ2v) is 3.64. The minimum absolute atomic E-state index is 0.141. The number of hydrogen-bond acceptors (Lipinski definition) is 3. The topological polar surface area (TPSA) is 35.5 Å². The highest BCUT2D eigenvalue weighted by molar-refractivity contribution is 5.69. The molecule has 0 atom stereocenters. The van der Waals surface area contributed by atoms with E-state index in [0.717, 1.165) is 6.07 Å². The minimum Gasteiger partial charge on any atom is -0.454 e. The van der Waals surface area contributed by atoms with Gasteiger partial charge in [0, 0.05) is 19.1 Å². The number of carbonyl (C=O) groups excluding carboxylic acids is 1. The molecule has 0 N–H and O–H groups in total. The molecule has 2 rings (SSSR count). The van der Waals surface area contributed by atoms with Crippen LogP contribution in [0.25, 0.3) is 0 Å². The van der Waals surface area contributed by atoms with E-state index in [1.807, 2.05) is 0 Å². The maximum Gasteiger partial charge on any atom is 0.308 e. The van der Waals surface area contributed by atoms with Gasteiger partial charge in [-0.25, -0.2) is 4.39 Å². The van der Waals surface area contributed by atoms with Crippen molar-refractivity contribution in [3.8, 4) is 17.2 Å². The molecule has 0 unspecified atom stereocenters. The fourth-order valence-corrected chi connectivity index (χ4v) is 1.39. The Hall–Kier alpha value is -2.43. The van der Waals surface area contributed by atoms with Crippen LogP contribution in [-0.2, 0) is 4.79 Å². The van der Waals surface area contributed by atoms with E-state index < -0.39 is 17.6 Å². The summed E-state index contributed by atoms with van der Waals surface area (Å²) < 4.78 is 36.4. The number of rotatable bonds is 3. The van der Waals surface area contributed by atoms with Gasteiger partial charge in [-0.3, -0.25) is 4.79 Å². The first-order valence-electron chi connectivity index (χ1n) is 5.38. The minimum atomic E-state index is -1.08. The molecule has 2 aromatic rings. The van der Waals surface area contributed by atoms with Crippen LogP contribution < -0.4 is 9.47 Å². The molecule has 0 saturated heterocycles. The first kappa shape index (κ1) is 13.0. The van der Waals surface area contributed by atoms with Crippen molar-refractivity contribution < 1.29 is 23.0 Å². The smallest absolute Gasteiger partial charge is 0.308 e. The predicted molar refractivity (Wildman–Crippen MR) is 63.0 cm³/mol. The van der Waals surface area contributed by atoms with Gasteiger partial charge in [-0.2, -0.15) is 4.39 Å². The average molecular weight is 263 g/mol. The van der Waals surface area contributed by atoms with Gasteiger partial charge in [0.05, 0.1) is 0 Å². The Morgan fingerprint density at radius 1 is 1.26 bits per heavy atom. The van der Waals surface area contributed by atoms with Gasteiger partial charge in [0.15, 0.2) is 11.6 Å². The highest BCUT2D eigenvalue weighted by atomic mass is 19.2. The lowest BCUT2D eigenvalue weighted by Crippen LogP contribution is -2.01. The monoisotopic (exact) mass is 263 g/mol. The molecule has 5 heteroatoms. The number of hydrogen-bond donors (Lipinski definition) is 0. The van der Waals surface area contributed by atoms with E-state index >= 15 is 0 Å². The molecule has 0 aliphatic heterocycles. The van der Waals surface area contributed by atoms with Crippen molar-refractivity contribution in [3.05, 3.63) is 54.1 Å². The summed E-state index contributed by atoms with van der Waals surface area (Å²) >= 11 is 0. The van der Waals surface area contributed by atoms with Gasteiger partial charge < -0.3 is 9.47 Å². The molecule has 0 fully saturated rings. The van der Waals surface area contributed by atoms with Gasteiger partial charge in [-0.15, -0.1) is 0 Å². The van der Waals surface area contributed by atoms with E-state index in [0.29, 0.717) is 0 Å². The van der Waals surface area contributed by atoms with Gasteiger partial charge in [0.2, 0.25) is 5.82 Å². The molecule has 0 amide bonds. The number of esters is 1. The van der Waals surface area contributed by atoms with E-state index in [-0.39, 0.29) is 17.2 Å². The van der Waals surface area contributed by atoms with Gasteiger partial charge >= 0.3 is 5.97 Å². The first-order chi connectivity index (χ1) is 9.06. The van der Waals surface area contributed by atoms with Crippen LogP contribution >= 0.6 is 0 Å². The highest BCUT2D eigenvalue weighted by Crippen LogP contribution is 2.27. The van der Waals surface area contributed by atoms with Gasteiger partial charge in [-0.1, -0.05) is 6.07 Å². The molecule has 0 aliphatic rings. The standard InChI is InChI=1S/C14H9F2O3/c1-9(17)18-10-4-2-5-11(8-10)19-13-7-3-6-12(15)14(13)16/h2-3,5-8H,1H3. The Morgan fingerprint density at radius 2 is 2.05 bits per heavy atom. The Bertz CT molecular complexity index is 611. The second-order valence-electron chi connectivity index (χ2n) is 3.64. The highest BCUT2D eigenvalue weighted by Gasteiger charge is 2.10. The van der Waals surface area contributed by atoms with Crippen LogP contribution in [0.2, 0.25) is 0 Å². The van der Waals surface area contributed by atoms with Crippen molar-refractivity contribution in [2.24, 2.45) is 0 Å². The van der Waals surface area contributed by atoms with E-state index in [1.54, 1.807) is 0 Å². The van der Waals surface area contributed by atoms with Crippen molar-refractivity contribution in [1.82, 2.24) is 0 Å². The summed E-state index contributed by atoms with van der Waals surface area (Å²) in [6.07, 6.45) is 0. The predicted octanol–water partition coefficient (Wildman–Crippen LogP) is 3.48. The van der Waals surface area contributed by atoms with Crippen LogP contribution in [0.1, 0.15) is 6.92 Å². The zero-order chi connectivity index (χ0) is 13.8. The lowest BCUT2D eigenvalue weighted by atomic mass is 10.3. The molecule has 0 saturated carbocycles. The molecule has 2 aromatic carbocycles. The molecule has 0 aliphatic carbocycles. The summed E-state index contributed by atoms with van der Waals surface area (Å²) in [6.45, 7) is 1.24. The number of benzene rings is 2. The maximum atomic E-state index is 13.4. The van der Waals surface area contributed by atoms with Crippen molar-refractivity contribution >= 4 is 5.97 Å². The van der Waals surface area contributed by atoms with E-state index in [9.17, 15) is 13.6 Å². The molecule has 0 heterocycles. The maximum absolute atomic E-state index is 13.4. The second kappa shape index (κ2) is 5.48. The number of carbonyl (C=O) groups is 1. The zero-order valence-electron chi connectivity index (χ0n) is 9.94. The molecular formula is C14H9F2O3. The molecule has 0 spiro atoms. The zero-order valence-corrected chi connectivity index (χ0v) is 9.94. The van der Waals surface area contributed by atoms with Crippen LogP contribution in [0.5, 0.6) is 17.2 Å². The Morgan fingerprint density at radius 3 is 2.79 bits per heavy atom. The number of halogens is 2. The SMILES string of the molecule is CC(=O)Oc1[c]ccc(Oc2cccc(F)c2F)c1. The van der Waals surface area contributed by atoms with Crippen LogP contribution in [0.4, 0.5) is 8.78 Å². The normalized spacial score (nSPS) is 10.1. The van der Waals surface area contributed by atoms with Crippen LogP contribution in [-0.4, -0.2) is 5.97 Å². The average Bonchev–Trinajstić information content (AvgIpc) is 2.35. The third-order valence-electron chi connectivity index (χ3n) is 2.14. The lowest BCUT2D eigenvalue weighted by Gasteiger charge is -2.08. The van der Waals surface area contributed by atoms with Gasteiger partial charge in [0.1, 0.15) is 11.5 Å². The summed E-state index contributed by atoms with van der Waals surface area (Å²) in [6, 6.07) is 10.6. The quantitative estimate of drug-likeness (QED) is 0.628. The largest absolute Gasteiger partial charge is 0.454 e. The summed E-state index contributed by atoms with van der Waals surface area (Å²) in [5, 5.41) is 0. The molecule has 3 nitrogen and oxygen atoms in total. The van der Waals surface area contributed by atoms with Crippen LogP contribution in [0.3, 0.4) is 0 Å². The fraction of sp³-hybridized carbons (Fsp3) is 0.0714. The molecule has 19 heavy (non-hydrogen) atoms. The van der Waals surface area contributed by atoms with Crippen molar-refractivity contribution in [3.63, 3.8) is 0 Å². The fourth-order valence-electron chi connectivity index (χ4n) is 1.39. The van der Waals surface area contributed by atoms with Crippen LogP contribution in [0.15, 0.2) is 36.4 Å². The molecular weight excluding hydrogens is 254 g/mol. The molecule has 0 aromatic heterocycles. The van der Waals surface area contributed by atoms with Crippen LogP contribution in [0, 0.1) is 17.7 Å². The third kappa shape index (κ3) is 3.28. The lowest BCUT2D eigenvalue weighted by molar-refractivity contribution is -0.131. The Kier molecular flexibility index (Phi) is 3.75. The van der Waals surface area contributed by atoms with E-state index in [2.05, 4.69) is 6.07 Å². The Labute approximate surface area is 108 Å². The Balaban J connectivity index is 2.23. The van der Waals surface area contributed by atoms with Gasteiger partial charge in [-0.05, 0) is 24.3 Å². The van der Waals surface area contributed by atoms with Gasteiger partial charge in [0.25, 0.3) is 0 Å². The van der Waals surface area contributed by atoms with E-state index in [1.165, 1.54) is 37.3 Å². The summed E-state index contributed by atoms with van der Waals surface area (Å²) in [7, 11) is 0. The molecule has 97 valence electrons. The summed E-state index contributed by atoms with van der Waals surface area (Å²) in [5.74, 6) is -2.49. The third-order valence-corrected chi connectivity index (χ3v) is 2.14. The van der Waals surface area contributed by atoms with Crippen molar-refractivity contribution in [2.45, 2.75) is 6.92 Å². The molecule has 1 radical (unpaired) electrons. The summed E-state index contributed by atoms with van der Waals surface area (Å²) in [4.78, 5) is 10.8. The van der Waals surface area contributed by atoms with Crippen molar-refractivity contribution in [1.29, 1.82) is 0 Å². The number of ether oxygens (including phenoxy) is 2. The summed E-state index contributed by atoms with van der Waals surface area (Å²) in [5.41, 5.74) is 0. The van der Waals surface area contributed by atoms with E-state index in [4.69, 9.17) is 9.47 Å². The first-order valence-corrected chi connectivity index (χ1v) is 5.38.